The summed E-state index contributed by atoms with van der Waals surface area (Å²) in [6.45, 7) is -0.228. The van der Waals surface area contributed by atoms with E-state index in [1.807, 2.05) is 6.08 Å². The summed E-state index contributed by atoms with van der Waals surface area (Å²) in [5.74, 6) is 2.79. The van der Waals surface area contributed by atoms with Crippen LogP contribution in [-0.4, -0.2) is 6.67 Å². The van der Waals surface area contributed by atoms with Crippen molar-refractivity contribution in [3.63, 3.8) is 0 Å². The van der Waals surface area contributed by atoms with Crippen molar-refractivity contribution in [3.05, 3.63) is 12.2 Å². The van der Waals surface area contributed by atoms with Gasteiger partial charge in [0.2, 0.25) is 0 Å². The predicted molar refractivity (Wildman–Crippen MR) is 76.2 cm³/mol. The molecule has 0 heterocycles. The molecule has 19 heavy (non-hydrogen) atoms. The first-order valence-electron chi connectivity index (χ1n) is 7.95. The molecule has 1 nitrogen and oxygen atoms in total. The zero-order valence-corrected chi connectivity index (χ0v) is 11.9. The molecule has 2 heteroatoms. The van der Waals surface area contributed by atoms with Gasteiger partial charge in [-0.1, -0.05) is 12.2 Å². The van der Waals surface area contributed by atoms with Gasteiger partial charge in [0.15, 0.2) is 0 Å². The minimum atomic E-state index is -0.228. The maximum atomic E-state index is 12.0. The van der Waals surface area contributed by atoms with Crippen LogP contribution in [0.3, 0.4) is 0 Å². The van der Waals surface area contributed by atoms with Gasteiger partial charge in [0.1, 0.15) is 0 Å². The first-order chi connectivity index (χ1) is 9.33. The molecule has 2 saturated carbocycles. The van der Waals surface area contributed by atoms with Crippen LogP contribution in [0.4, 0.5) is 4.39 Å². The molecule has 0 bridgehead atoms. The van der Waals surface area contributed by atoms with E-state index in [1.165, 1.54) is 38.5 Å². The molecule has 0 spiro atoms. The number of alkyl halides is 1. The van der Waals surface area contributed by atoms with Crippen LogP contribution >= 0.6 is 0 Å². The Bertz CT molecular complexity index is 315. The summed E-state index contributed by atoms with van der Waals surface area (Å²) in [4.78, 5) is 0. The number of allylic oxidation sites excluding steroid dienone is 2. The molecule has 2 aliphatic rings. The second kappa shape index (κ2) is 7.68. The monoisotopic (exact) mass is 263 g/mol. The maximum absolute atomic E-state index is 12.0. The summed E-state index contributed by atoms with van der Waals surface area (Å²) < 4.78 is 12.0. The third kappa shape index (κ3) is 4.34. The van der Waals surface area contributed by atoms with E-state index in [-0.39, 0.29) is 6.67 Å². The molecule has 2 rings (SSSR count). The molecule has 0 unspecified atom stereocenters. The molecule has 0 aromatic carbocycles. The highest BCUT2D eigenvalue weighted by molar-refractivity contribution is 4.93. The third-order valence-electron chi connectivity index (χ3n) is 5.12. The van der Waals surface area contributed by atoms with Gasteiger partial charge in [-0.05, 0) is 75.5 Å². The molecule has 0 amide bonds. The molecule has 0 N–H and O–H groups in total. The Balaban J connectivity index is 1.70. The quantitative estimate of drug-likeness (QED) is 0.652. The minimum Gasteiger partial charge on any atom is -0.251 e. The van der Waals surface area contributed by atoms with Crippen molar-refractivity contribution in [3.8, 4) is 6.07 Å². The molecule has 2 aliphatic carbocycles. The topological polar surface area (TPSA) is 23.8 Å². The van der Waals surface area contributed by atoms with Crippen LogP contribution < -0.4 is 0 Å². The summed E-state index contributed by atoms with van der Waals surface area (Å²) in [7, 11) is 0. The van der Waals surface area contributed by atoms with E-state index < -0.39 is 0 Å². The van der Waals surface area contributed by atoms with Crippen molar-refractivity contribution in [1.29, 1.82) is 5.26 Å². The Morgan fingerprint density at radius 1 is 0.947 bits per heavy atom. The molecule has 0 aromatic heterocycles. The number of nitrogens with zero attached hydrogens (tertiary/aromatic N) is 1. The van der Waals surface area contributed by atoms with Gasteiger partial charge in [-0.15, -0.1) is 0 Å². The SMILES string of the molecule is N#C[C@H]1CC[C@H](C2CCC(/C=C/CCF)CC2)CC1. The lowest BCUT2D eigenvalue weighted by molar-refractivity contribution is 0.168. The standard InChI is InChI=1S/C17H26FN/c18-12-2-1-3-14-4-8-16(9-5-14)17-10-6-15(13-19)7-11-17/h1,3,14-17H,2,4-12H2/b3-1+/t14?,15-,16?,17-. The largest absolute Gasteiger partial charge is 0.251 e. The summed E-state index contributed by atoms with van der Waals surface area (Å²) in [6, 6.07) is 2.42. The lowest BCUT2D eigenvalue weighted by Crippen LogP contribution is -2.25. The minimum absolute atomic E-state index is 0.228. The Morgan fingerprint density at radius 2 is 1.53 bits per heavy atom. The smallest absolute Gasteiger partial charge is 0.0928 e. The van der Waals surface area contributed by atoms with Gasteiger partial charge in [-0.25, -0.2) is 0 Å². The Labute approximate surface area is 116 Å². The van der Waals surface area contributed by atoms with E-state index in [4.69, 9.17) is 5.26 Å². The summed E-state index contributed by atoms with van der Waals surface area (Å²) in [6.07, 6.45) is 14.9. The lowest BCUT2D eigenvalue weighted by Gasteiger charge is -2.36. The number of hydrogen-bond donors (Lipinski definition) is 0. The van der Waals surface area contributed by atoms with E-state index in [2.05, 4.69) is 12.1 Å². The normalized spacial score (nSPS) is 36.2. The van der Waals surface area contributed by atoms with Gasteiger partial charge in [-0.2, -0.15) is 5.26 Å². The van der Waals surface area contributed by atoms with Crippen LogP contribution in [0.25, 0.3) is 0 Å². The van der Waals surface area contributed by atoms with Gasteiger partial charge >= 0.3 is 0 Å². The van der Waals surface area contributed by atoms with E-state index in [1.54, 1.807) is 0 Å². The van der Waals surface area contributed by atoms with Crippen molar-refractivity contribution in [2.24, 2.45) is 23.7 Å². The molecule has 106 valence electrons. The molecular formula is C17H26FN. The van der Waals surface area contributed by atoms with Crippen LogP contribution in [0.15, 0.2) is 12.2 Å². The van der Waals surface area contributed by atoms with Crippen LogP contribution in [0.1, 0.15) is 57.8 Å². The molecule has 0 atom stereocenters. The summed E-state index contributed by atoms with van der Waals surface area (Å²) in [5, 5.41) is 8.94. The van der Waals surface area contributed by atoms with Crippen molar-refractivity contribution in [2.45, 2.75) is 57.8 Å². The highest BCUT2D eigenvalue weighted by atomic mass is 19.1. The van der Waals surface area contributed by atoms with E-state index >= 15 is 0 Å². The van der Waals surface area contributed by atoms with Gasteiger partial charge in [0.25, 0.3) is 0 Å². The fourth-order valence-corrected chi connectivity index (χ4v) is 3.88. The fourth-order valence-electron chi connectivity index (χ4n) is 3.88. The molecule has 0 saturated heterocycles. The predicted octanol–water partition coefficient (Wildman–Crippen LogP) is 5.04. The van der Waals surface area contributed by atoms with Crippen molar-refractivity contribution in [1.82, 2.24) is 0 Å². The Hall–Kier alpha value is -0.840. The molecule has 0 aliphatic heterocycles. The zero-order valence-electron chi connectivity index (χ0n) is 11.9. The summed E-state index contributed by atoms with van der Waals surface area (Å²) >= 11 is 0. The van der Waals surface area contributed by atoms with Gasteiger partial charge in [0, 0.05) is 5.92 Å². The van der Waals surface area contributed by atoms with E-state index in [9.17, 15) is 4.39 Å². The highest BCUT2D eigenvalue weighted by Crippen LogP contribution is 2.41. The summed E-state index contributed by atoms with van der Waals surface area (Å²) in [5.41, 5.74) is 0. The van der Waals surface area contributed by atoms with Crippen molar-refractivity contribution in [2.75, 3.05) is 6.67 Å². The average Bonchev–Trinajstić information content (AvgIpc) is 2.48. The number of rotatable bonds is 4. The second-order valence-corrected chi connectivity index (χ2v) is 6.32. The first-order valence-corrected chi connectivity index (χ1v) is 7.95. The Morgan fingerprint density at radius 3 is 2.05 bits per heavy atom. The molecule has 2 fully saturated rings. The van der Waals surface area contributed by atoms with Gasteiger partial charge < -0.3 is 0 Å². The Kier molecular flexibility index (Phi) is 5.89. The first kappa shape index (κ1) is 14.6. The number of nitriles is 1. The zero-order chi connectivity index (χ0) is 13.5. The van der Waals surface area contributed by atoms with E-state index in [0.29, 0.717) is 18.3 Å². The van der Waals surface area contributed by atoms with Crippen LogP contribution in [0, 0.1) is 35.0 Å². The molecule has 0 aromatic rings. The van der Waals surface area contributed by atoms with E-state index in [0.717, 1.165) is 24.7 Å². The number of halogens is 1. The number of hydrogen-bond acceptors (Lipinski definition) is 1. The molecule has 0 radical (unpaired) electrons. The third-order valence-corrected chi connectivity index (χ3v) is 5.12. The molecular weight excluding hydrogens is 237 g/mol. The van der Waals surface area contributed by atoms with Crippen LogP contribution in [-0.2, 0) is 0 Å². The van der Waals surface area contributed by atoms with Crippen molar-refractivity contribution >= 4 is 0 Å². The highest BCUT2D eigenvalue weighted by Gasteiger charge is 2.30. The fraction of sp³-hybridized carbons (Fsp3) is 0.824. The maximum Gasteiger partial charge on any atom is 0.0928 e. The van der Waals surface area contributed by atoms with Gasteiger partial charge in [-0.3, -0.25) is 4.39 Å². The lowest BCUT2D eigenvalue weighted by atomic mass is 9.69. The van der Waals surface area contributed by atoms with Crippen LogP contribution in [0.2, 0.25) is 0 Å². The van der Waals surface area contributed by atoms with Crippen LogP contribution in [0.5, 0.6) is 0 Å². The van der Waals surface area contributed by atoms with Gasteiger partial charge in [0.05, 0.1) is 12.7 Å². The van der Waals surface area contributed by atoms with Crippen molar-refractivity contribution < 1.29 is 4.39 Å². The second-order valence-electron chi connectivity index (χ2n) is 6.32. The average molecular weight is 263 g/mol.